The first-order valence-electron chi connectivity index (χ1n) is 4.87. The Labute approximate surface area is 88.9 Å². The molecule has 0 aromatic carbocycles. The monoisotopic (exact) mass is 209 g/mol. The summed E-state index contributed by atoms with van der Waals surface area (Å²) in [6.45, 7) is 4.67. The van der Waals surface area contributed by atoms with E-state index in [1.165, 1.54) is 0 Å². The van der Waals surface area contributed by atoms with Crippen LogP contribution in [-0.4, -0.2) is 22.7 Å². The lowest BCUT2D eigenvalue weighted by Gasteiger charge is -2.08. The van der Waals surface area contributed by atoms with Gasteiger partial charge in [-0.15, -0.1) is 0 Å². The van der Waals surface area contributed by atoms with Gasteiger partial charge in [-0.2, -0.15) is 0 Å². The average Bonchev–Trinajstić information content (AvgIpc) is 2.14. The third-order valence-corrected chi connectivity index (χ3v) is 1.72. The number of rotatable bonds is 5. The highest BCUT2D eigenvalue weighted by Crippen LogP contribution is 2.10. The molecule has 0 saturated heterocycles. The highest BCUT2D eigenvalue weighted by Gasteiger charge is 2.03. The highest BCUT2D eigenvalue weighted by molar-refractivity contribution is 5.70. The van der Waals surface area contributed by atoms with Gasteiger partial charge in [0.05, 0.1) is 13.0 Å². The predicted molar refractivity (Wildman–Crippen MR) is 55.9 cm³/mol. The summed E-state index contributed by atoms with van der Waals surface area (Å²) in [5.74, 6) is 0.0633. The Balaban J connectivity index is 2.61. The quantitative estimate of drug-likeness (QED) is 0.802. The molecular formula is C11H15NO3. The molecule has 82 valence electrons. The number of pyridine rings is 1. The Hall–Kier alpha value is -1.58. The van der Waals surface area contributed by atoms with Crippen LogP contribution in [0.4, 0.5) is 0 Å². The van der Waals surface area contributed by atoms with Crippen molar-refractivity contribution in [3.8, 4) is 5.88 Å². The standard InChI is InChI=1S/C11H15NO3/c1-8(2)7-15-10-5-9(3-4-12-10)6-11(13)14/h3-5,8H,6-7H2,1-2H3,(H,13,14). The van der Waals surface area contributed by atoms with Gasteiger partial charge in [-0.25, -0.2) is 4.98 Å². The molecule has 1 heterocycles. The van der Waals surface area contributed by atoms with Crippen LogP contribution in [0.15, 0.2) is 18.3 Å². The van der Waals surface area contributed by atoms with E-state index >= 15 is 0 Å². The van der Waals surface area contributed by atoms with Crippen LogP contribution in [0.25, 0.3) is 0 Å². The van der Waals surface area contributed by atoms with E-state index in [9.17, 15) is 4.79 Å². The number of carboxylic acids is 1. The SMILES string of the molecule is CC(C)COc1cc(CC(=O)O)ccn1. The van der Waals surface area contributed by atoms with Gasteiger partial charge >= 0.3 is 5.97 Å². The first-order chi connectivity index (χ1) is 7.08. The summed E-state index contributed by atoms with van der Waals surface area (Å²) in [5.41, 5.74) is 0.705. The molecule has 0 radical (unpaired) electrons. The van der Waals surface area contributed by atoms with Gasteiger partial charge in [0, 0.05) is 12.3 Å². The number of hydrogen-bond acceptors (Lipinski definition) is 3. The maximum atomic E-state index is 10.5. The number of ether oxygens (including phenoxy) is 1. The third-order valence-electron chi connectivity index (χ3n) is 1.72. The maximum Gasteiger partial charge on any atom is 0.307 e. The number of hydrogen-bond donors (Lipinski definition) is 1. The summed E-state index contributed by atoms with van der Waals surface area (Å²) in [4.78, 5) is 14.5. The van der Waals surface area contributed by atoms with Gasteiger partial charge in [-0.05, 0) is 17.5 Å². The van der Waals surface area contributed by atoms with Gasteiger partial charge in [-0.3, -0.25) is 4.79 Å². The molecule has 1 aromatic heterocycles. The molecule has 1 aromatic rings. The Morgan fingerprint density at radius 3 is 2.93 bits per heavy atom. The van der Waals surface area contributed by atoms with Crippen molar-refractivity contribution in [2.24, 2.45) is 5.92 Å². The summed E-state index contributed by atoms with van der Waals surface area (Å²) < 4.78 is 5.39. The van der Waals surface area contributed by atoms with Crippen LogP contribution < -0.4 is 4.74 Å². The Morgan fingerprint density at radius 2 is 2.33 bits per heavy atom. The highest BCUT2D eigenvalue weighted by atomic mass is 16.5. The van der Waals surface area contributed by atoms with Crippen LogP contribution in [0.2, 0.25) is 0 Å². The number of carbonyl (C=O) groups is 1. The minimum Gasteiger partial charge on any atom is -0.481 e. The van der Waals surface area contributed by atoms with E-state index in [2.05, 4.69) is 4.98 Å². The van der Waals surface area contributed by atoms with Crippen molar-refractivity contribution in [2.45, 2.75) is 20.3 Å². The molecule has 0 saturated carbocycles. The van der Waals surface area contributed by atoms with Gasteiger partial charge in [0.2, 0.25) is 5.88 Å². The number of nitrogens with zero attached hydrogens (tertiary/aromatic N) is 1. The molecule has 0 bridgehead atoms. The fourth-order valence-corrected chi connectivity index (χ4v) is 1.07. The Bertz CT molecular complexity index is 336. The Kier molecular flexibility index (Phi) is 4.09. The molecule has 1 rings (SSSR count). The second kappa shape index (κ2) is 5.34. The molecule has 4 heteroatoms. The molecule has 4 nitrogen and oxygen atoms in total. The van der Waals surface area contributed by atoms with Crippen LogP contribution in [-0.2, 0) is 11.2 Å². The Morgan fingerprint density at radius 1 is 1.60 bits per heavy atom. The van der Waals surface area contributed by atoms with Crippen LogP contribution in [0.5, 0.6) is 5.88 Å². The van der Waals surface area contributed by atoms with Crippen molar-refractivity contribution in [2.75, 3.05) is 6.61 Å². The molecule has 0 unspecified atom stereocenters. The lowest BCUT2D eigenvalue weighted by molar-refractivity contribution is -0.136. The molecule has 0 fully saturated rings. The summed E-state index contributed by atoms with van der Waals surface area (Å²) >= 11 is 0. The van der Waals surface area contributed by atoms with Gasteiger partial charge in [0.15, 0.2) is 0 Å². The first-order valence-corrected chi connectivity index (χ1v) is 4.87. The lowest BCUT2D eigenvalue weighted by atomic mass is 10.2. The number of carboxylic acid groups (broad SMARTS) is 1. The topological polar surface area (TPSA) is 59.4 Å². The molecule has 0 aliphatic heterocycles. The minimum atomic E-state index is -0.851. The summed E-state index contributed by atoms with van der Waals surface area (Å²) in [6.07, 6.45) is 1.56. The zero-order valence-electron chi connectivity index (χ0n) is 8.93. The smallest absolute Gasteiger partial charge is 0.307 e. The van der Waals surface area contributed by atoms with E-state index in [0.29, 0.717) is 24.0 Å². The van der Waals surface area contributed by atoms with Crippen molar-refractivity contribution in [1.82, 2.24) is 4.98 Å². The van der Waals surface area contributed by atoms with Gasteiger partial charge < -0.3 is 9.84 Å². The van der Waals surface area contributed by atoms with Gasteiger partial charge in [0.25, 0.3) is 0 Å². The fraction of sp³-hybridized carbons (Fsp3) is 0.455. The second-order valence-corrected chi connectivity index (χ2v) is 3.78. The molecular weight excluding hydrogens is 194 g/mol. The number of aliphatic carboxylic acids is 1. The number of aromatic nitrogens is 1. The zero-order chi connectivity index (χ0) is 11.3. The predicted octanol–water partition coefficient (Wildman–Crippen LogP) is 1.74. The normalized spacial score (nSPS) is 10.3. The largest absolute Gasteiger partial charge is 0.481 e. The molecule has 0 atom stereocenters. The van der Waals surface area contributed by atoms with Gasteiger partial charge in [0.1, 0.15) is 0 Å². The lowest BCUT2D eigenvalue weighted by Crippen LogP contribution is -2.06. The minimum absolute atomic E-state index is 0.000554. The molecule has 0 aliphatic carbocycles. The van der Waals surface area contributed by atoms with Crippen LogP contribution in [0.3, 0.4) is 0 Å². The van der Waals surface area contributed by atoms with Crippen LogP contribution in [0, 0.1) is 5.92 Å². The second-order valence-electron chi connectivity index (χ2n) is 3.78. The zero-order valence-corrected chi connectivity index (χ0v) is 8.93. The fourth-order valence-electron chi connectivity index (χ4n) is 1.07. The first kappa shape index (κ1) is 11.5. The van der Waals surface area contributed by atoms with Crippen molar-refractivity contribution in [3.63, 3.8) is 0 Å². The average molecular weight is 209 g/mol. The van der Waals surface area contributed by atoms with Crippen LogP contribution in [0.1, 0.15) is 19.4 Å². The summed E-state index contributed by atoms with van der Waals surface area (Å²) in [6, 6.07) is 3.34. The van der Waals surface area contributed by atoms with E-state index in [0.717, 1.165) is 0 Å². The summed E-state index contributed by atoms with van der Waals surface area (Å²) in [5, 5.41) is 8.61. The maximum absolute atomic E-state index is 10.5. The van der Waals surface area contributed by atoms with E-state index in [1.807, 2.05) is 13.8 Å². The molecule has 0 aliphatic rings. The molecule has 0 amide bonds. The van der Waals surface area contributed by atoms with E-state index in [1.54, 1.807) is 18.3 Å². The molecule has 0 spiro atoms. The third kappa shape index (κ3) is 4.44. The van der Waals surface area contributed by atoms with Crippen LogP contribution >= 0.6 is 0 Å². The molecule has 15 heavy (non-hydrogen) atoms. The van der Waals surface area contributed by atoms with Crippen molar-refractivity contribution in [1.29, 1.82) is 0 Å². The van der Waals surface area contributed by atoms with Crippen molar-refractivity contribution < 1.29 is 14.6 Å². The summed E-state index contributed by atoms with van der Waals surface area (Å²) in [7, 11) is 0. The van der Waals surface area contributed by atoms with E-state index in [-0.39, 0.29) is 6.42 Å². The van der Waals surface area contributed by atoms with Crippen molar-refractivity contribution >= 4 is 5.97 Å². The van der Waals surface area contributed by atoms with E-state index in [4.69, 9.17) is 9.84 Å². The van der Waals surface area contributed by atoms with Crippen molar-refractivity contribution in [3.05, 3.63) is 23.9 Å². The molecule has 1 N–H and O–H groups in total. The van der Waals surface area contributed by atoms with Gasteiger partial charge in [-0.1, -0.05) is 13.8 Å². The van der Waals surface area contributed by atoms with E-state index < -0.39 is 5.97 Å².